The van der Waals surface area contributed by atoms with Crippen molar-refractivity contribution >= 4 is 5.91 Å². The first-order valence-electron chi connectivity index (χ1n) is 6.84. The first-order valence-corrected chi connectivity index (χ1v) is 6.84. The Hall–Kier alpha value is -0.610. The van der Waals surface area contributed by atoms with Gasteiger partial charge in [0.1, 0.15) is 0 Å². The Labute approximate surface area is 105 Å². The fraction of sp³-hybridized carbons (Fsp3) is 0.923. The highest BCUT2D eigenvalue weighted by Gasteiger charge is 2.23. The highest BCUT2D eigenvalue weighted by atomic mass is 16.2. The van der Waals surface area contributed by atoms with Crippen molar-refractivity contribution in [3.05, 3.63) is 0 Å². The third-order valence-electron chi connectivity index (χ3n) is 3.54. The van der Waals surface area contributed by atoms with E-state index < -0.39 is 0 Å². The van der Waals surface area contributed by atoms with E-state index in [9.17, 15) is 4.79 Å². The Kier molecular flexibility index (Phi) is 5.92. The fourth-order valence-corrected chi connectivity index (χ4v) is 2.31. The molecule has 4 nitrogen and oxygen atoms in total. The molecule has 1 atom stereocenters. The second-order valence-electron chi connectivity index (χ2n) is 5.31. The van der Waals surface area contributed by atoms with Gasteiger partial charge in [-0.3, -0.25) is 4.79 Å². The molecule has 3 N–H and O–H groups in total. The maximum atomic E-state index is 11.8. The van der Waals surface area contributed by atoms with Crippen molar-refractivity contribution < 1.29 is 4.79 Å². The van der Waals surface area contributed by atoms with Gasteiger partial charge in [0.2, 0.25) is 5.91 Å². The number of likely N-dealkylation sites (tertiary alicyclic amines) is 1. The third kappa shape index (κ3) is 4.64. The van der Waals surface area contributed by atoms with Crippen LogP contribution in [0.5, 0.6) is 0 Å². The summed E-state index contributed by atoms with van der Waals surface area (Å²) < 4.78 is 0. The zero-order chi connectivity index (χ0) is 12.8. The molecule has 0 spiro atoms. The molecule has 0 aromatic heterocycles. The van der Waals surface area contributed by atoms with Crippen LogP contribution in [0.3, 0.4) is 0 Å². The van der Waals surface area contributed by atoms with E-state index in [2.05, 4.69) is 24.1 Å². The van der Waals surface area contributed by atoms with Crippen LogP contribution in [0.1, 0.15) is 46.5 Å². The Balaban J connectivity index is 2.28. The van der Waals surface area contributed by atoms with Gasteiger partial charge in [-0.1, -0.05) is 13.3 Å². The largest absolute Gasteiger partial charge is 0.352 e. The van der Waals surface area contributed by atoms with Crippen molar-refractivity contribution in [1.82, 2.24) is 10.2 Å². The predicted octanol–water partition coefficient (Wildman–Crippen LogP) is 1.10. The quantitative estimate of drug-likeness (QED) is 0.758. The smallest absolute Gasteiger partial charge is 0.237 e. The van der Waals surface area contributed by atoms with Gasteiger partial charge in [-0.05, 0) is 33.1 Å². The molecule has 0 saturated carbocycles. The number of nitrogens with one attached hydrogen (secondary N) is 1. The van der Waals surface area contributed by atoms with Crippen molar-refractivity contribution in [1.29, 1.82) is 0 Å². The number of carbonyl (C=O) groups excluding carboxylic acids is 1. The van der Waals surface area contributed by atoms with Gasteiger partial charge in [-0.25, -0.2) is 0 Å². The summed E-state index contributed by atoms with van der Waals surface area (Å²) in [5.74, 6) is 0.0230. The summed E-state index contributed by atoms with van der Waals surface area (Å²) in [7, 11) is 0. The molecule has 1 fully saturated rings. The first-order chi connectivity index (χ1) is 8.04. The molecule has 1 aliphatic rings. The lowest BCUT2D eigenvalue weighted by molar-refractivity contribution is -0.123. The summed E-state index contributed by atoms with van der Waals surface area (Å²) >= 11 is 0. The molecular formula is C13H27N3O. The van der Waals surface area contributed by atoms with E-state index in [4.69, 9.17) is 5.73 Å². The number of rotatable bonds is 5. The Bertz CT molecular complexity index is 235. The molecule has 0 aliphatic carbocycles. The number of hydrogen-bond acceptors (Lipinski definition) is 3. The molecule has 0 bridgehead atoms. The molecule has 0 aromatic carbocycles. The second kappa shape index (κ2) is 6.97. The van der Waals surface area contributed by atoms with Crippen LogP contribution in [0.2, 0.25) is 0 Å². The summed E-state index contributed by atoms with van der Waals surface area (Å²) in [4.78, 5) is 14.2. The zero-order valence-electron chi connectivity index (χ0n) is 11.4. The van der Waals surface area contributed by atoms with Gasteiger partial charge in [-0.2, -0.15) is 0 Å². The molecule has 0 aromatic rings. The van der Waals surface area contributed by atoms with Gasteiger partial charge in [0.05, 0.1) is 6.04 Å². The first kappa shape index (κ1) is 14.5. The maximum Gasteiger partial charge on any atom is 0.237 e. The summed E-state index contributed by atoms with van der Waals surface area (Å²) in [5.41, 5.74) is 5.80. The van der Waals surface area contributed by atoms with E-state index in [0.717, 1.165) is 38.8 Å². The van der Waals surface area contributed by atoms with E-state index in [1.54, 1.807) is 0 Å². The molecule has 0 radical (unpaired) electrons. The van der Waals surface area contributed by atoms with Crippen molar-refractivity contribution in [2.75, 3.05) is 13.1 Å². The standard InChI is InChI=1S/C13H27N3O/c1-4-5-12(14)13(17)15-11-6-8-16(9-7-11)10(2)3/h10-12H,4-9,14H2,1-3H3,(H,15,17)/t12-/m0/s1. The average Bonchev–Trinajstić information content (AvgIpc) is 2.30. The SMILES string of the molecule is CCC[C@H](N)C(=O)NC1CCN(C(C)C)CC1. The topological polar surface area (TPSA) is 58.4 Å². The van der Waals surface area contributed by atoms with Crippen molar-refractivity contribution in [3.8, 4) is 0 Å². The average molecular weight is 241 g/mol. The summed E-state index contributed by atoms with van der Waals surface area (Å²) in [5, 5.41) is 3.07. The Morgan fingerprint density at radius 1 is 1.41 bits per heavy atom. The predicted molar refractivity (Wildman–Crippen MR) is 70.8 cm³/mol. The van der Waals surface area contributed by atoms with E-state index in [1.165, 1.54) is 0 Å². The van der Waals surface area contributed by atoms with Crippen LogP contribution in [-0.4, -0.2) is 42.0 Å². The van der Waals surface area contributed by atoms with Crippen molar-refractivity contribution in [3.63, 3.8) is 0 Å². The van der Waals surface area contributed by atoms with Gasteiger partial charge in [0, 0.05) is 25.2 Å². The Morgan fingerprint density at radius 3 is 2.47 bits per heavy atom. The summed E-state index contributed by atoms with van der Waals surface area (Å²) in [6.45, 7) is 8.64. The van der Waals surface area contributed by atoms with E-state index in [1.807, 2.05) is 6.92 Å². The summed E-state index contributed by atoms with van der Waals surface area (Å²) in [6.07, 6.45) is 3.82. The van der Waals surface area contributed by atoms with E-state index in [-0.39, 0.29) is 11.9 Å². The number of nitrogens with zero attached hydrogens (tertiary/aromatic N) is 1. The molecule has 1 saturated heterocycles. The molecular weight excluding hydrogens is 214 g/mol. The highest BCUT2D eigenvalue weighted by molar-refractivity contribution is 5.81. The number of amides is 1. The molecule has 1 aliphatic heterocycles. The minimum atomic E-state index is -0.330. The van der Waals surface area contributed by atoms with Crippen LogP contribution in [0.25, 0.3) is 0 Å². The van der Waals surface area contributed by atoms with Crippen molar-refractivity contribution in [2.24, 2.45) is 5.73 Å². The third-order valence-corrected chi connectivity index (χ3v) is 3.54. The molecule has 1 amide bonds. The number of carbonyl (C=O) groups is 1. The molecule has 17 heavy (non-hydrogen) atoms. The van der Waals surface area contributed by atoms with Crippen LogP contribution >= 0.6 is 0 Å². The van der Waals surface area contributed by atoms with Gasteiger partial charge >= 0.3 is 0 Å². The molecule has 100 valence electrons. The fourth-order valence-electron chi connectivity index (χ4n) is 2.31. The van der Waals surface area contributed by atoms with E-state index in [0.29, 0.717) is 12.1 Å². The van der Waals surface area contributed by atoms with Gasteiger partial charge in [0.25, 0.3) is 0 Å². The lowest BCUT2D eigenvalue weighted by Gasteiger charge is -2.35. The molecule has 1 heterocycles. The number of nitrogens with two attached hydrogens (primary N) is 1. The maximum absolute atomic E-state index is 11.8. The van der Waals surface area contributed by atoms with Crippen LogP contribution in [0.15, 0.2) is 0 Å². The van der Waals surface area contributed by atoms with Gasteiger partial charge < -0.3 is 16.0 Å². The lowest BCUT2D eigenvalue weighted by atomic mass is 10.0. The minimum Gasteiger partial charge on any atom is -0.352 e. The Morgan fingerprint density at radius 2 is 2.00 bits per heavy atom. The van der Waals surface area contributed by atoms with Crippen LogP contribution < -0.4 is 11.1 Å². The van der Waals surface area contributed by atoms with Crippen LogP contribution in [0, 0.1) is 0 Å². The van der Waals surface area contributed by atoms with Crippen molar-refractivity contribution in [2.45, 2.75) is 64.6 Å². The molecule has 1 rings (SSSR count). The van der Waals surface area contributed by atoms with Crippen LogP contribution in [0.4, 0.5) is 0 Å². The van der Waals surface area contributed by atoms with E-state index >= 15 is 0 Å². The van der Waals surface area contributed by atoms with Crippen LogP contribution in [-0.2, 0) is 4.79 Å². The highest BCUT2D eigenvalue weighted by Crippen LogP contribution is 2.13. The van der Waals surface area contributed by atoms with Gasteiger partial charge in [-0.15, -0.1) is 0 Å². The summed E-state index contributed by atoms with van der Waals surface area (Å²) in [6, 6.07) is 0.595. The molecule has 0 unspecified atom stereocenters. The molecule has 4 heteroatoms. The minimum absolute atomic E-state index is 0.0230. The zero-order valence-corrected chi connectivity index (χ0v) is 11.4. The normalized spacial score (nSPS) is 20.5. The van der Waals surface area contributed by atoms with Gasteiger partial charge in [0.15, 0.2) is 0 Å². The number of hydrogen-bond donors (Lipinski definition) is 2. The second-order valence-corrected chi connectivity index (χ2v) is 5.31. The number of piperidine rings is 1. The monoisotopic (exact) mass is 241 g/mol. The lowest BCUT2D eigenvalue weighted by Crippen LogP contribution is -2.50.